The third-order valence-electron chi connectivity index (χ3n) is 2.92. The molecule has 0 bridgehead atoms. The summed E-state index contributed by atoms with van der Waals surface area (Å²) in [6.45, 7) is 0. The molecule has 6 heteroatoms. The first kappa shape index (κ1) is 13.9. The molecule has 0 atom stereocenters. The maximum atomic E-state index is 11.3. The van der Waals surface area contributed by atoms with Crippen LogP contribution in [0, 0.1) is 0 Å². The van der Waals surface area contributed by atoms with Crippen LogP contribution in [0.4, 0.5) is 0 Å². The lowest BCUT2D eigenvalue weighted by Gasteiger charge is -2.04. The summed E-state index contributed by atoms with van der Waals surface area (Å²) >= 11 is 0. The van der Waals surface area contributed by atoms with Gasteiger partial charge in [0.05, 0.1) is 5.36 Å². The summed E-state index contributed by atoms with van der Waals surface area (Å²) in [6, 6.07) is 18.0. The minimum absolute atomic E-state index is 0.255. The van der Waals surface area contributed by atoms with Crippen LogP contribution >= 0.6 is 10.7 Å². The van der Waals surface area contributed by atoms with Crippen LogP contribution in [0.1, 0.15) is 0 Å². The van der Waals surface area contributed by atoms with Crippen molar-refractivity contribution in [3.05, 3.63) is 66.0 Å². The van der Waals surface area contributed by atoms with E-state index in [9.17, 15) is 8.42 Å². The zero-order valence-corrected chi connectivity index (χ0v) is 12.3. The molecule has 0 radical (unpaired) electrons. The van der Waals surface area contributed by atoms with Crippen molar-refractivity contribution in [1.29, 1.82) is 0 Å². The van der Waals surface area contributed by atoms with Gasteiger partial charge in [0.15, 0.2) is 0 Å². The molecule has 2 aromatic carbocycles. The van der Waals surface area contributed by atoms with Crippen molar-refractivity contribution in [2.75, 3.05) is 0 Å². The molecule has 0 saturated carbocycles. The van der Waals surface area contributed by atoms with Crippen LogP contribution in [0.2, 0.25) is 0 Å². The number of halogens is 1. The third kappa shape index (κ3) is 3.15. The molecule has 106 valence electrons. The van der Waals surface area contributed by atoms with E-state index in [2.05, 4.69) is 4.40 Å². The monoisotopic (exact) mass is 319 g/mol. The molecule has 0 aliphatic rings. The first-order valence-electron chi connectivity index (χ1n) is 6.12. The van der Waals surface area contributed by atoms with Gasteiger partial charge < -0.3 is 4.42 Å². The minimum Gasteiger partial charge on any atom is -0.456 e. The SMILES string of the molecule is O=S(=O)(Cl)/N=c1/cc(-c2ccccc2)oc2ccccc12. The summed E-state index contributed by atoms with van der Waals surface area (Å²) < 4.78 is 31.9. The lowest BCUT2D eigenvalue weighted by Crippen LogP contribution is -2.06. The Morgan fingerprint density at radius 1 is 0.952 bits per heavy atom. The molecule has 0 aliphatic carbocycles. The average molecular weight is 320 g/mol. The summed E-state index contributed by atoms with van der Waals surface area (Å²) in [5, 5.41) is 0.840. The van der Waals surface area contributed by atoms with Crippen molar-refractivity contribution in [3.63, 3.8) is 0 Å². The van der Waals surface area contributed by atoms with Gasteiger partial charge in [-0.15, -0.1) is 4.40 Å². The van der Waals surface area contributed by atoms with Gasteiger partial charge in [-0.1, -0.05) is 42.5 Å². The molecule has 0 spiro atoms. The molecular weight excluding hydrogens is 310 g/mol. The topological polar surface area (TPSA) is 59.6 Å². The minimum atomic E-state index is -4.01. The molecular formula is C15H10ClNO3S. The van der Waals surface area contributed by atoms with Crippen LogP contribution in [0.3, 0.4) is 0 Å². The smallest absolute Gasteiger partial charge is 0.340 e. The van der Waals surface area contributed by atoms with E-state index in [4.69, 9.17) is 15.1 Å². The van der Waals surface area contributed by atoms with Gasteiger partial charge in [-0.3, -0.25) is 0 Å². The van der Waals surface area contributed by atoms with Crippen LogP contribution < -0.4 is 5.36 Å². The van der Waals surface area contributed by atoms with Gasteiger partial charge in [0, 0.05) is 27.7 Å². The average Bonchev–Trinajstić information content (AvgIpc) is 2.46. The summed E-state index contributed by atoms with van der Waals surface area (Å²) in [6.07, 6.45) is 0. The van der Waals surface area contributed by atoms with Gasteiger partial charge in [0.25, 0.3) is 0 Å². The Morgan fingerprint density at radius 2 is 1.62 bits per heavy atom. The van der Waals surface area contributed by atoms with E-state index < -0.39 is 9.24 Å². The van der Waals surface area contributed by atoms with E-state index in [1.54, 1.807) is 30.3 Å². The van der Waals surface area contributed by atoms with Gasteiger partial charge in [0.2, 0.25) is 0 Å². The van der Waals surface area contributed by atoms with Crippen molar-refractivity contribution < 1.29 is 12.8 Å². The van der Waals surface area contributed by atoms with E-state index in [0.717, 1.165) is 5.56 Å². The fourth-order valence-corrected chi connectivity index (χ4v) is 2.66. The molecule has 1 heterocycles. The summed E-state index contributed by atoms with van der Waals surface area (Å²) in [5.74, 6) is 0.522. The van der Waals surface area contributed by atoms with Gasteiger partial charge in [0.1, 0.15) is 11.3 Å². The number of hydrogen-bond acceptors (Lipinski definition) is 3. The van der Waals surface area contributed by atoms with Crippen LogP contribution in [0.15, 0.2) is 69.5 Å². The zero-order valence-electron chi connectivity index (χ0n) is 10.7. The van der Waals surface area contributed by atoms with E-state index in [0.29, 0.717) is 16.7 Å². The maximum Gasteiger partial charge on any atom is 0.340 e. The van der Waals surface area contributed by atoms with E-state index in [1.165, 1.54) is 0 Å². The van der Waals surface area contributed by atoms with E-state index in [-0.39, 0.29) is 5.36 Å². The van der Waals surface area contributed by atoms with Crippen molar-refractivity contribution in [1.82, 2.24) is 0 Å². The maximum absolute atomic E-state index is 11.3. The molecule has 0 saturated heterocycles. The Balaban J connectivity index is 2.38. The van der Waals surface area contributed by atoms with Crippen molar-refractivity contribution in [3.8, 4) is 11.3 Å². The van der Waals surface area contributed by atoms with Crippen molar-refractivity contribution in [2.24, 2.45) is 4.40 Å². The van der Waals surface area contributed by atoms with Crippen LogP contribution in [-0.2, 0) is 9.24 Å². The molecule has 4 nitrogen and oxygen atoms in total. The highest BCUT2D eigenvalue weighted by molar-refractivity contribution is 8.12. The van der Waals surface area contributed by atoms with Crippen molar-refractivity contribution in [2.45, 2.75) is 0 Å². The first-order valence-corrected chi connectivity index (χ1v) is 8.38. The molecule has 3 rings (SSSR count). The molecule has 1 aromatic heterocycles. The van der Waals surface area contributed by atoms with E-state index in [1.807, 2.05) is 30.3 Å². The lowest BCUT2D eigenvalue weighted by atomic mass is 10.1. The number of fused-ring (bicyclic) bond motifs is 1. The highest BCUT2D eigenvalue weighted by Crippen LogP contribution is 2.21. The molecule has 0 aliphatic heterocycles. The Kier molecular flexibility index (Phi) is 3.53. The Labute approximate surface area is 125 Å². The van der Waals surface area contributed by atoms with Crippen LogP contribution in [-0.4, -0.2) is 8.42 Å². The Hall–Kier alpha value is -2.11. The summed E-state index contributed by atoms with van der Waals surface area (Å²) in [7, 11) is 1.23. The fraction of sp³-hybridized carbons (Fsp3) is 0. The zero-order chi connectivity index (χ0) is 14.9. The second-order valence-corrected chi connectivity index (χ2v) is 6.54. The van der Waals surface area contributed by atoms with Crippen LogP contribution in [0.5, 0.6) is 0 Å². The molecule has 3 aromatic rings. The number of rotatable bonds is 2. The van der Waals surface area contributed by atoms with Gasteiger partial charge in [-0.05, 0) is 12.1 Å². The normalized spacial score (nSPS) is 12.7. The molecule has 0 amide bonds. The first-order chi connectivity index (χ1) is 10.0. The summed E-state index contributed by atoms with van der Waals surface area (Å²) in [4.78, 5) is 0. The largest absolute Gasteiger partial charge is 0.456 e. The molecule has 0 N–H and O–H groups in total. The highest BCUT2D eigenvalue weighted by atomic mass is 35.7. The number of nitrogens with zero attached hydrogens (tertiary/aromatic N) is 1. The highest BCUT2D eigenvalue weighted by Gasteiger charge is 2.07. The molecule has 21 heavy (non-hydrogen) atoms. The second kappa shape index (κ2) is 5.35. The second-order valence-electron chi connectivity index (χ2n) is 4.36. The number of benzene rings is 2. The number of hydrogen-bond donors (Lipinski definition) is 0. The molecule has 0 fully saturated rings. The molecule has 0 unspecified atom stereocenters. The number of para-hydroxylation sites is 1. The van der Waals surface area contributed by atoms with Gasteiger partial charge >= 0.3 is 9.24 Å². The van der Waals surface area contributed by atoms with Crippen molar-refractivity contribution >= 4 is 30.9 Å². The Morgan fingerprint density at radius 3 is 2.33 bits per heavy atom. The third-order valence-corrected chi connectivity index (χ3v) is 3.54. The fourth-order valence-electron chi connectivity index (χ4n) is 2.05. The van der Waals surface area contributed by atoms with Gasteiger partial charge in [-0.2, -0.15) is 8.42 Å². The lowest BCUT2D eigenvalue weighted by molar-refractivity contribution is 0.609. The Bertz CT molecular complexity index is 963. The summed E-state index contributed by atoms with van der Waals surface area (Å²) in [5.41, 5.74) is 1.37. The van der Waals surface area contributed by atoms with Crippen LogP contribution in [0.25, 0.3) is 22.3 Å². The quantitative estimate of drug-likeness (QED) is 0.679. The predicted octanol–water partition coefficient (Wildman–Crippen LogP) is 3.48. The van der Waals surface area contributed by atoms with Gasteiger partial charge in [-0.25, -0.2) is 0 Å². The standard InChI is InChI=1S/C15H10ClNO3S/c16-21(18,19)17-13-10-15(11-6-2-1-3-7-11)20-14-9-5-4-8-12(13)14/h1-10H/b17-13-. The van der Waals surface area contributed by atoms with E-state index >= 15 is 0 Å². The predicted molar refractivity (Wildman–Crippen MR) is 82.0 cm³/mol.